The van der Waals surface area contributed by atoms with E-state index in [-0.39, 0.29) is 16.5 Å². The third-order valence-electron chi connectivity index (χ3n) is 5.72. The van der Waals surface area contributed by atoms with E-state index < -0.39 is 5.91 Å². The summed E-state index contributed by atoms with van der Waals surface area (Å²) in [5.74, 6) is -0.214. The summed E-state index contributed by atoms with van der Waals surface area (Å²) >= 11 is 17.6. The first kappa shape index (κ1) is 24.8. The lowest BCUT2D eigenvalue weighted by atomic mass is 10.3. The lowest BCUT2D eigenvalue weighted by Crippen LogP contribution is -2.14. The number of halogens is 3. The van der Waals surface area contributed by atoms with E-state index in [0.717, 1.165) is 16.6 Å². The van der Waals surface area contributed by atoms with Gasteiger partial charge in [0.25, 0.3) is 11.5 Å². The molecule has 13 heteroatoms. The van der Waals surface area contributed by atoms with Crippen LogP contribution >= 0.6 is 34.8 Å². The largest absolute Gasteiger partial charge is 0.334 e. The van der Waals surface area contributed by atoms with Crippen molar-refractivity contribution in [2.75, 3.05) is 5.32 Å². The third kappa shape index (κ3) is 4.76. The number of para-hydroxylation sites is 4. The molecule has 7 aromatic rings. The Kier molecular flexibility index (Phi) is 6.35. The van der Waals surface area contributed by atoms with E-state index >= 15 is 0 Å². The van der Waals surface area contributed by atoms with Gasteiger partial charge in [0.2, 0.25) is 5.65 Å². The summed E-state index contributed by atoms with van der Waals surface area (Å²) in [6.45, 7) is 0. The minimum atomic E-state index is -0.410. The van der Waals surface area contributed by atoms with Crippen molar-refractivity contribution in [3.63, 3.8) is 0 Å². The van der Waals surface area contributed by atoms with Crippen molar-refractivity contribution in [3.8, 4) is 0 Å². The predicted octanol–water partition coefficient (Wildman–Crippen LogP) is 5.89. The number of pyridine rings is 2. The fourth-order valence-corrected chi connectivity index (χ4v) is 4.49. The fourth-order valence-electron chi connectivity index (χ4n) is 4.03. The van der Waals surface area contributed by atoms with Crippen LogP contribution in [0.2, 0.25) is 15.2 Å². The third-order valence-corrected chi connectivity index (χ3v) is 6.43. The van der Waals surface area contributed by atoms with Crippen molar-refractivity contribution in [2.24, 2.45) is 0 Å². The van der Waals surface area contributed by atoms with Gasteiger partial charge in [-0.1, -0.05) is 59.1 Å². The number of aromatic nitrogens is 7. The van der Waals surface area contributed by atoms with Crippen LogP contribution in [0.15, 0.2) is 77.9 Å². The van der Waals surface area contributed by atoms with Crippen molar-refractivity contribution in [2.45, 2.75) is 0 Å². The Morgan fingerprint density at radius 2 is 1.51 bits per heavy atom. The lowest BCUT2D eigenvalue weighted by molar-refractivity contribution is 0.101. The van der Waals surface area contributed by atoms with Gasteiger partial charge >= 0.3 is 0 Å². The van der Waals surface area contributed by atoms with Gasteiger partial charge in [-0.3, -0.25) is 14.0 Å². The van der Waals surface area contributed by atoms with E-state index in [1.165, 1.54) is 12.3 Å². The molecular formula is C26H15Cl3N8O2. The first-order valence-corrected chi connectivity index (χ1v) is 12.5. The SMILES string of the molecule is O=C(Nc1cc(Cl)cnc1Cl)c1nc2ccccc2[nH]1.O=c1[nH]c2cc(Cl)cnc2n2c1nc1ccccc12. The van der Waals surface area contributed by atoms with E-state index in [9.17, 15) is 9.59 Å². The van der Waals surface area contributed by atoms with Crippen molar-refractivity contribution in [3.05, 3.63) is 104 Å². The van der Waals surface area contributed by atoms with Crippen LogP contribution in [0.3, 0.4) is 0 Å². The Bertz CT molecular complexity index is 2070. The molecule has 0 aliphatic heterocycles. The zero-order valence-electron chi connectivity index (χ0n) is 19.6. The number of hydrogen-bond donors (Lipinski definition) is 3. The second-order valence-electron chi connectivity index (χ2n) is 8.29. The van der Waals surface area contributed by atoms with Gasteiger partial charge in [-0.05, 0) is 36.4 Å². The van der Waals surface area contributed by atoms with Crippen molar-refractivity contribution in [1.82, 2.24) is 34.3 Å². The van der Waals surface area contributed by atoms with Gasteiger partial charge < -0.3 is 15.3 Å². The quantitative estimate of drug-likeness (QED) is 0.219. The molecular weight excluding hydrogens is 563 g/mol. The number of nitrogens with one attached hydrogen (secondary N) is 3. The summed E-state index contributed by atoms with van der Waals surface area (Å²) < 4.78 is 1.75. The van der Waals surface area contributed by atoms with E-state index in [4.69, 9.17) is 34.8 Å². The smallest absolute Gasteiger partial charge is 0.292 e. The number of fused-ring (bicyclic) bond motifs is 6. The van der Waals surface area contributed by atoms with Gasteiger partial charge in [0, 0.05) is 12.4 Å². The molecule has 192 valence electrons. The average molecular weight is 578 g/mol. The standard InChI is InChI=1S/C13H8Cl2N4O.C13H7ClN4O/c14-7-5-10(11(15)16-6-7)19-13(20)12-17-8-3-1-2-4-9(8)18-12;14-7-5-9-11(15-6-7)18-10-4-2-1-3-8(10)16-12(18)13(19)17-9/h1-6H,(H,17,18)(H,19,20);1-6H,(H,17,19). The van der Waals surface area contributed by atoms with Crippen LogP contribution in [0.25, 0.3) is 38.9 Å². The maximum absolute atomic E-state index is 12.1. The van der Waals surface area contributed by atoms with Crippen molar-refractivity contribution < 1.29 is 4.79 Å². The van der Waals surface area contributed by atoms with Crippen LogP contribution < -0.4 is 10.9 Å². The lowest BCUT2D eigenvalue weighted by Gasteiger charge is -2.04. The zero-order chi connectivity index (χ0) is 27.1. The van der Waals surface area contributed by atoms with Crippen molar-refractivity contribution in [1.29, 1.82) is 0 Å². The molecule has 7 rings (SSSR count). The van der Waals surface area contributed by atoms with E-state index in [0.29, 0.717) is 38.1 Å². The average Bonchev–Trinajstić information content (AvgIpc) is 3.54. The molecule has 2 aromatic carbocycles. The highest BCUT2D eigenvalue weighted by atomic mass is 35.5. The highest BCUT2D eigenvalue weighted by molar-refractivity contribution is 6.34. The molecule has 0 saturated carbocycles. The number of hydrogen-bond acceptors (Lipinski definition) is 6. The molecule has 0 fully saturated rings. The van der Waals surface area contributed by atoms with Gasteiger partial charge in [-0.15, -0.1) is 0 Å². The Morgan fingerprint density at radius 3 is 2.33 bits per heavy atom. The number of aromatic amines is 2. The molecule has 1 amide bonds. The fraction of sp³-hybridized carbons (Fsp3) is 0. The summed E-state index contributed by atoms with van der Waals surface area (Å²) in [6, 6.07) is 18.1. The van der Waals surface area contributed by atoms with Crippen LogP contribution in [0, 0.1) is 0 Å². The number of nitrogens with zero attached hydrogens (tertiary/aromatic N) is 5. The first-order chi connectivity index (χ1) is 18.9. The molecule has 10 nitrogen and oxygen atoms in total. The molecule has 0 unspecified atom stereocenters. The first-order valence-electron chi connectivity index (χ1n) is 11.4. The molecule has 3 N–H and O–H groups in total. The molecule has 5 aromatic heterocycles. The number of carbonyl (C=O) groups is 1. The molecule has 0 aliphatic rings. The van der Waals surface area contributed by atoms with Crippen LogP contribution in [-0.4, -0.2) is 40.2 Å². The maximum Gasteiger partial charge on any atom is 0.292 e. The molecule has 0 saturated heterocycles. The predicted molar refractivity (Wildman–Crippen MR) is 152 cm³/mol. The topological polar surface area (TPSA) is 134 Å². The number of benzene rings is 2. The summed E-state index contributed by atoms with van der Waals surface area (Å²) in [5, 5.41) is 3.64. The molecule has 0 spiro atoms. The molecule has 0 aliphatic carbocycles. The molecule has 0 radical (unpaired) electrons. The summed E-state index contributed by atoms with van der Waals surface area (Å²) in [6.07, 6.45) is 2.96. The Hall–Kier alpha value is -4.51. The summed E-state index contributed by atoms with van der Waals surface area (Å²) in [7, 11) is 0. The second-order valence-corrected chi connectivity index (χ2v) is 9.52. The zero-order valence-corrected chi connectivity index (χ0v) is 21.9. The van der Waals surface area contributed by atoms with E-state index in [1.54, 1.807) is 16.7 Å². The second kappa shape index (κ2) is 9.99. The monoisotopic (exact) mass is 576 g/mol. The number of H-pyrrole nitrogens is 2. The van der Waals surface area contributed by atoms with Crippen LogP contribution in [0.1, 0.15) is 10.6 Å². The Labute approximate surface area is 233 Å². The highest BCUT2D eigenvalue weighted by Crippen LogP contribution is 2.23. The molecule has 5 heterocycles. The molecule has 0 atom stereocenters. The Morgan fingerprint density at radius 1 is 0.795 bits per heavy atom. The molecule has 39 heavy (non-hydrogen) atoms. The number of imidazole rings is 2. The van der Waals surface area contributed by atoms with Gasteiger partial charge in [-0.2, -0.15) is 0 Å². The van der Waals surface area contributed by atoms with Crippen LogP contribution in [0.5, 0.6) is 0 Å². The number of carbonyl (C=O) groups excluding carboxylic acids is 1. The van der Waals surface area contributed by atoms with Gasteiger partial charge in [0.1, 0.15) is 0 Å². The van der Waals surface area contributed by atoms with Gasteiger partial charge in [-0.25, -0.2) is 19.9 Å². The van der Waals surface area contributed by atoms with Gasteiger partial charge in [0.15, 0.2) is 16.6 Å². The van der Waals surface area contributed by atoms with Crippen LogP contribution in [0.4, 0.5) is 5.69 Å². The Balaban J connectivity index is 0.000000142. The van der Waals surface area contributed by atoms with E-state index in [2.05, 4.69) is 35.2 Å². The maximum atomic E-state index is 12.1. The minimum absolute atomic E-state index is 0.166. The van der Waals surface area contributed by atoms with E-state index in [1.807, 2.05) is 48.5 Å². The minimum Gasteiger partial charge on any atom is -0.334 e. The van der Waals surface area contributed by atoms with Crippen LogP contribution in [-0.2, 0) is 0 Å². The summed E-state index contributed by atoms with van der Waals surface area (Å²) in [5.41, 5.74) is 4.75. The van der Waals surface area contributed by atoms with Crippen molar-refractivity contribution >= 4 is 85.3 Å². The van der Waals surface area contributed by atoms with Gasteiger partial charge in [0.05, 0.1) is 43.3 Å². The number of anilines is 1. The number of amides is 1. The summed E-state index contributed by atoms with van der Waals surface area (Å²) in [4.78, 5) is 46.5. The number of rotatable bonds is 2. The normalized spacial score (nSPS) is 11.2. The highest BCUT2D eigenvalue weighted by Gasteiger charge is 2.14. The molecule has 0 bridgehead atoms.